The third-order valence-corrected chi connectivity index (χ3v) is 7.95. The number of rotatable bonds is 12. The van der Waals surface area contributed by atoms with Crippen LogP contribution in [0.1, 0.15) is 85.6 Å². The van der Waals surface area contributed by atoms with Gasteiger partial charge in [-0.15, -0.1) is 0 Å². The summed E-state index contributed by atoms with van der Waals surface area (Å²) >= 11 is 5.96. The Morgan fingerprint density at radius 1 is 1.15 bits per heavy atom. The lowest BCUT2D eigenvalue weighted by molar-refractivity contribution is 0.0169. The predicted molar refractivity (Wildman–Crippen MR) is 172 cm³/mol. The standard InChI is InChI=1S/C36H44ClNO3/c1-7-28(20-25(4)21-35(39)29-14-16-31(37)17-15-29)12-13-30(24(2)3)22-34-26(5)11-18-33(27(34)6)36(40)38-23-32-10-8-9-19-41-32/h11,13-18,20,22,28,32H,2,5,7-10,12,19,21,23H2,1,3-4,6H3,(H,38,40). The Morgan fingerprint density at radius 3 is 2.51 bits per heavy atom. The van der Waals surface area contributed by atoms with Gasteiger partial charge < -0.3 is 10.1 Å². The number of carbonyl (C=O) groups is 2. The Bertz CT molecular complexity index is 1410. The van der Waals surface area contributed by atoms with E-state index in [-0.39, 0.29) is 23.7 Å². The summed E-state index contributed by atoms with van der Waals surface area (Å²) < 4.78 is 5.77. The highest BCUT2D eigenvalue weighted by Gasteiger charge is 2.17. The number of hydrogen-bond acceptors (Lipinski definition) is 3. The van der Waals surface area contributed by atoms with Gasteiger partial charge in [0.05, 0.1) is 6.10 Å². The average molecular weight is 574 g/mol. The Kier molecular flexibility index (Phi) is 12.4. The lowest BCUT2D eigenvalue weighted by Gasteiger charge is -2.22. The van der Waals surface area contributed by atoms with Crippen LogP contribution in [0.2, 0.25) is 5.02 Å². The van der Waals surface area contributed by atoms with Gasteiger partial charge in [-0.2, -0.15) is 0 Å². The quantitative estimate of drug-likeness (QED) is 0.165. The fourth-order valence-corrected chi connectivity index (χ4v) is 5.22. The number of carbonyl (C=O) groups excluding carboxylic acids is 2. The van der Waals surface area contributed by atoms with Crippen LogP contribution in [0, 0.1) is 12.8 Å². The van der Waals surface area contributed by atoms with E-state index in [1.807, 2.05) is 32.9 Å². The summed E-state index contributed by atoms with van der Waals surface area (Å²) in [6.45, 7) is 17.9. The highest BCUT2D eigenvalue weighted by molar-refractivity contribution is 6.30. The van der Waals surface area contributed by atoms with Crippen LogP contribution in [0.25, 0.3) is 12.7 Å². The molecule has 1 amide bonds. The number of amides is 1. The molecule has 1 aliphatic heterocycles. The molecule has 4 nitrogen and oxygen atoms in total. The van der Waals surface area contributed by atoms with Crippen molar-refractivity contribution in [3.63, 3.8) is 0 Å². The molecule has 2 unspecified atom stereocenters. The third kappa shape index (κ3) is 9.69. The fourth-order valence-electron chi connectivity index (χ4n) is 5.10. The first-order chi connectivity index (χ1) is 19.6. The number of ketones is 1. The molecule has 5 heteroatoms. The largest absolute Gasteiger partial charge is 0.376 e. The van der Waals surface area contributed by atoms with Crippen LogP contribution in [0.3, 0.4) is 0 Å². The molecule has 1 heterocycles. The number of nitrogens with one attached hydrogen (secondary N) is 1. The summed E-state index contributed by atoms with van der Waals surface area (Å²) in [4.78, 5) is 25.8. The highest BCUT2D eigenvalue weighted by atomic mass is 35.5. The number of ether oxygens (including phenoxy) is 1. The molecule has 0 spiro atoms. The van der Waals surface area contributed by atoms with Crippen molar-refractivity contribution >= 4 is 35.9 Å². The monoisotopic (exact) mass is 573 g/mol. The normalized spacial score (nSPS) is 17.3. The number of halogens is 1. The molecule has 1 N–H and O–H groups in total. The van der Waals surface area contributed by atoms with Crippen molar-refractivity contribution in [3.8, 4) is 0 Å². The molecule has 218 valence electrons. The van der Waals surface area contributed by atoms with Crippen LogP contribution in [-0.2, 0) is 4.74 Å². The first kappa shape index (κ1) is 32.3. The molecule has 0 aliphatic carbocycles. The summed E-state index contributed by atoms with van der Waals surface area (Å²) in [5.41, 5.74) is 5.24. The fraction of sp³-hybridized carbons (Fsp3) is 0.389. The highest BCUT2D eigenvalue weighted by Crippen LogP contribution is 2.21. The molecule has 0 saturated carbocycles. The minimum atomic E-state index is -0.0908. The second-order valence-electron chi connectivity index (χ2n) is 11.1. The van der Waals surface area contributed by atoms with E-state index >= 15 is 0 Å². The van der Waals surface area contributed by atoms with E-state index in [0.29, 0.717) is 29.1 Å². The van der Waals surface area contributed by atoms with E-state index in [1.165, 1.54) is 0 Å². The molecule has 41 heavy (non-hydrogen) atoms. The average Bonchev–Trinajstić information content (AvgIpc) is 2.95. The van der Waals surface area contributed by atoms with Crippen molar-refractivity contribution in [2.75, 3.05) is 13.2 Å². The number of Topliss-reactive ketones (excluding diaryl/α,β-unsaturated/α-hetero) is 1. The maximum absolute atomic E-state index is 13.1. The summed E-state index contributed by atoms with van der Waals surface area (Å²) in [5.74, 6) is 0.285. The first-order valence-electron chi connectivity index (χ1n) is 14.6. The van der Waals surface area contributed by atoms with Crippen molar-refractivity contribution in [1.82, 2.24) is 5.32 Å². The maximum atomic E-state index is 13.1. The van der Waals surface area contributed by atoms with Crippen LogP contribution in [0.5, 0.6) is 0 Å². The SMILES string of the molecule is C=C(C)C(=CCC(C=C(C)CC(=O)c1ccc(Cl)cc1)CC)C=c1c(C)c(C(=O)NCC2CCCCO2)ccc1=C. The predicted octanol–water partition coefficient (Wildman–Crippen LogP) is 7.28. The van der Waals surface area contributed by atoms with Gasteiger partial charge in [-0.05, 0) is 117 Å². The van der Waals surface area contributed by atoms with Crippen LogP contribution in [0.15, 0.2) is 71.8 Å². The van der Waals surface area contributed by atoms with Gasteiger partial charge in [-0.1, -0.05) is 61.0 Å². The van der Waals surface area contributed by atoms with Gasteiger partial charge >= 0.3 is 0 Å². The van der Waals surface area contributed by atoms with Crippen molar-refractivity contribution < 1.29 is 14.3 Å². The van der Waals surface area contributed by atoms with E-state index < -0.39 is 0 Å². The zero-order valence-corrected chi connectivity index (χ0v) is 25.8. The molecule has 1 saturated heterocycles. The number of hydrogen-bond donors (Lipinski definition) is 1. The van der Waals surface area contributed by atoms with Crippen molar-refractivity contribution in [2.45, 2.75) is 72.3 Å². The molecule has 0 bridgehead atoms. The van der Waals surface area contributed by atoms with Crippen LogP contribution < -0.4 is 15.8 Å². The van der Waals surface area contributed by atoms with Gasteiger partial charge in [0.1, 0.15) is 0 Å². The summed E-state index contributed by atoms with van der Waals surface area (Å²) in [7, 11) is 0. The van der Waals surface area contributed by atoms with Crippen molar-refractivity contribution in [2.24, 2.45) is 5.92 Å². The van der Waals surface area contributed by atoms with E-state index in [9.17, 15) is 9.59 Å². The van der Waals surface area contributed by atoms with Gasteiger partial charge in [0.2, 0.25) is 0 Å². The zero-order chi connectivity index (χ0) is 29.9. The second kappa shape index (κ2) is 15.7. The van der Waals surface area contributed by atoms with Crippen molar-refractivity contribution in [3.05, 3.63) is 104 Å². The lowest BCUT2D eigenvalue weighted by atomic mass is 9.94. The molecular weight excluding hydrogens is 530 g/mol. The Labute approximate surface area is 250 Å². The van der Waals surface area contributed by atoms with Crippen molar-refractivity contribution in [1.29, 1.82) is 0 Å². The smallest absolute Gasteiger partial charge is 0.251 e. The van der Waals surface area contributed by atoms with Gasteiger partial charge in [-0.3, -0.25) is 9.59 Å². The second-order valence-corrected chi connectivity index (χ2v) is 11.6. The van der Waals surface area contributed by atoms with Crippen LogP contribution in [-0.4, -0.2) is 30.9 Å². The summed E-state index contributed by atoms with van der Waals surface area (Å²) in [6, 6.07) is 10.8. The maximum Gasteiger partial charge on any atom is 0.251 e. The van der Waals surface area contributed by atoms with Gasteiger partial charge in [0.15, 0.2) is 5.78 Å². The minimum Gasteiger partial charge on any atom is -0.376 e. The third-order valence-electron chi connectivity index (χ3n) is 7.70. The molecule has 3 rings (SSSR count). The topological polar surface area (TPSA) is 55.4 Å². The minimum absolute atomic E-state index is 0.0869. The van der Waals surface area contributed by atoms with Gasteiger partial charge in [0.25, 0.3) is 5.91 Å². The zero-order valence-electron chi connectivity index (χ0n) is 25.0. The Balaban J connectivity index is 1.77. The Hall–Kier alpha value is -3.21. The van der Waals surface area contributed by atoms with E-state index in [4.69, 9.17) is 16.3 Å². The van der Waals surface area contributed by atoms with E-state index in [1.54, 1.807) is 24.3 Å². The number of benzene rings is 2. The molecule has 0 radical (unpaired) electrons. The molecule has 1 aliphatic rings. The summed E-state index contributed by atoms with van der Waals surface area (Å²) in [5, 5.41) is 5.49. The molecular formula is C36H44ClNO3. The molecule has 2 aromatic rings. The van der Waals surface area contributed by atoms with E-state index in [0.717, 1.165) is 71.4 Å². The summed E-state index contributed by atoms with van der Waals surface area (Å²) in [6.07, 6.45) is 11.9. The molecule has 2 aromatic carbocycles. The van der Waals surface area contributed by atoms with Gasteiger partial charge in [0, 0.05) is 35.7 Å². The molecule has 0 aromatic heterocycles. The van der Waals surface area contributed by atoms with Crippen LogP contribution >= 0.6 is 11.6 Å². The van der Waals surface area contributed by atoms with Gasteiger partial charge in [-0.25, -0.2) is 0 Å². The molecule has 2 atom stereocenters. The lowest BCUT2D eigenvalue weighted by Crippen LogP contribution is -2.37. The first-order valence-corrected chi connectivity index (χ1v) is 15.0. The molecule has 1 fully saturated rings. The number of allylic oxidation sites excluding steroid dienone is 5. The van der Waals surface area contributed by atoms with Crippen LogP contribution in [0.4, 0.5) is 0 Å². The van der Waals surface area contributed by atoms with E-state index in [2.05, 4.69) is 43.6 Å². The Morgan fingerprint density at radius 2 is 1.88 bits per heavy atom.